The first kappa shape index (κ1) is 15.2. The summed E-state index contributed by atoms with van der Waals surface area (Å²) in [6.45, 7) is 2.53. The first-order valence-electron chi connectivity index (χ1n) is 5.69. The predicted molar refractivity (Wildman–Crippen MR) is 77.9 cm³/mol. The van der Waals surface area contributed by atoms with Gasteiger partial charge in [0.2, 0.25) is 0 Å². The summed E-state index contributed by atoms with van der Waals surface area (Å²) < 4.78 is 27.5. The van der Waals surface area contributed by atoms with Crippen LogP contribution < -0.4 is 10.5 Å². The van der Waals surface area contributed by atoms with Gasteiger partial charge in [0.15, 0.2) is 0 Å². The van der Waals surface area contributed by atoms with Gasteiger partial charge in [-0.1, -0.05) is 0 Å². The van der Waals surface area contributed by atoms with Gasteiger partial charge in [0.05, 0.1) is 12.4 Å². The molecule has 2 N–H and O–H groups in total. The van der Waals surface area contributed by atoms with Crippen LogP contribution in [0.3, 0.4) is 0 Å². The van der Waals surface area contributed by atoms with E-state index in [4.69, 9.17) is 10.5 Å². The van der Waals surface area contributed by atoms with Gasteiger partial charge in [-0.25, -0.2) is 8.42 Å². The van der Waals surface area contributed by atoms with Crippen LogP contribution >= 0.6 is 11.8 Å². The van der Waals surface area contributed by atoms with E-state index in [2.05, 4.69) is 0 Å². The molecule has 0 atom stereocenters. The lowest BCUT2D eigenvalue weighted by molar-refractivity contribution is 0.337. The van der Waals surface area contributed by atoms with Gasteiger partial charge in [0.1, 0.15) is 15.6 Å². The van der Waals surface area contributed by atoms with E-state index in [-0.39, 0.29) is 5.75 Å². The molecule has 0 bridgehead atoms. The van der Waals surface area contributed by atoms with Crippen LogP contribution in [0.4, 0.5) is 5.69 Å². The van der Waals surface area contributed by atoms with Crippen LogP contribution in [0.15, 0.2) is 18.2 Å². The molecule has 1 aromatic carbocycles. The number of anilines is 1. The number of thioether (sulfide) groups is 1. The van der Waals surface area contributed by atoms with E-state index in [9.17, 15) is 8.42 Å². The highest BCUT2D eigenvalue weighted by molar-refractivity contribution is 7.99. The first-order valence-corrected chi connectivity index (χ1v) is 8.90. The fourth-order valence-corrected chi connectivity index (χ4v) is 3.67. The third kappa shape index (κ3) is 5.64. The van der Waals surface area contributed by atoms with Crippen molar-refractivity contribution in [2.75, 3.05) is 30.1 Å². The minimum atomic E-state index is -2.88. The third-order valence-corrected chi connectivity index (χ3v) is 4.45. The normalized spacial score (nSPS) is 11.4. The number of nitrogens with two attached hydrogens (primary N) is 1. The maximum Gasteiger partial charge on any atom is 0.148 e. The van der Waals surface area contributed by atoms with Crippen LogP contribution in [-0.4, -0.2) is 32.8 Å². The van der Waals surface area contributed by atoms with Crippen LogP contribution in [0.2, 0.25) is 0 Å². The maximum absolute atomic E-state index is 11.0. The second kappa shape index (κ2) is 6.89. The van der Waals surface area contributed by atoms with Gasteiger partial charge in [-0.3, -0.25) is 0 Å². The molecule has 0 aliphatic carbocycles. The number of nitrogen functional groups attached to an aromatic ring is 1. The highest BCUT2D eigenvalue weighted by Gasteiger charge is 2.06. The first-order chi connectivity index (χ1) is 8.42. The highest BCUT2D eigenvalue weighted by atomic mass is 32.2. The van der Waals surface area contributed by atoms with Crippen molar-refractivity contribution < 1.29 is 13.2 Å². The van der Waals surface area contributed by atoms with Crippen LogP contribution in [0.1, 0.15) is 12.5 Å². The van der Waals surface area contributed by atoms with Crippen molar-refractivity contribution in [1.82, 2.24) is 0 Å². The number of hydrogen-bond acceptors (Lipinski definition) is 5. The van der Waals surface area contributed by atoms with E-state index >= 15 is 0 Å². The van der Waals surface area contributed by atoms with Crippen LogP contribution in [0, 0.1) is 0 Å². The zero-order valence-corrected chi connectivity index (χ0v) is 12.3. The minimum absolute atomic E-state index is 0.198. The van der Waals surface area contributed by atoms with Crippen LogP contribution in [0.5, 0.6) is 5.75 Å². The summed E-state index contributed by atoms with van der Waals surface area (Å²) in [5.74, 6) is 2.30. The Kier molecular flexibility index (Phi) is 5.81. The Morgan fingerprint density at radius 3 is 2.72 bits per heavy atom. The second-order valence-corrected chi connectivity index (χ2v) is 7.35. The van der Waals surface area contributed by atoms with E-state index in [0.29, 0.717) is 23.8 Å². The summed E-state index contributed by atoms with van der Waals surface area (Å²) in [4.78, 5) is 0. The Morgan fingerprint density at radius 1 is 1.39 bits per heavy atom. The van der Waals surface area contributed by atoms with E-state index in [0.717, 1.165) is 11.3 Å². The maximum atomic E-state index is 11.0. The highest BCUT2D eigenvalue weighted by Crippen LogP contribution is 2.25. The summed E-state index contributed by atoms with van der Waals surface area (Å²) >= 11 is 1.57. The summed E-state index contributed by atoms with van der Waals surface area (Å²) in [5, 5.41) is 0. The summed E-state index contributed by atoms with van der Waals surface area (Å²) in [6.07, 6.45) is 1.25. The monoisotopic (exact) mass is 289 g/mol. The van der Waals surface area contributed by atoms with E-state index < -0.39 is 9.84 Å². The number of sulfone groups is 1. The largest absolute Gasteiger partial charge is 0.494 e. The zero-order chi connectivity index (χ0) is 13.6. The topological polar surface area (TPSA) is 69.4 Å². The molecular formula is C12H19NO3S2. The molecular weight excluding hydrogens is 270 g/mol. The molecule has 0 spiro atoms. The molecule has 0 fully saturated rings. The van der Waals surface area contributed by atoms with Crippen molar-refractivity contribution in [2.24, 2.45) is 0 Å². The van der Waals surface area contributed by atoms with Gasteiger partial charge < -0.3 is 10.5 Å². The lowest BCUT2D eigenvalue weighted by atomic mass is 10.2. The van der Waals surface area contributed by atoms with Gasteiger partial charge in [-0.05, 0) is 25.1 Å². The molecule has 1 rings (SSSR count). The number of ether oxygens (including phenoxy) is 1. The van der Waals surface area contributed by atoms with E-state index in [1.165, 1.54) is 6.26 Å². The van der Waals surface area contributed by atoms with Gasteiger partial charge in [0.25, 0.3) is 0 Å². The Hall–Kier alpha value is -0.880. The second-order valence-electron chi connectivity index (χ2n) is 3.98. The molecule has 0 saturated carbocycles. The van der Waals surface area contributed by atoms with Crippen molar-refractivity contribution in [3.63, 3.8) is 0 Å². The molecule has 18 heavy (non-hydrogen) atoms. The van der Waals surface area contributed by atoms with Gasteiger partial charge in [0, 0.05) is 29.0 Å². The fraction of sp³-hybridized carbons (Fsp3) is 0.500. The smallest absolute Gasteiger partial charge is 0.148 e. The zero-order valence-electron chi connectivity index (χ0n) is 10.7. The molecule has 4 nitrogen and oxygen atoms in total. The molecule has 0 unspecified atom stereocenters. The minimum Gasteiger partial charge on any atom is -0.494 e. The molecule has 0 radical (unpaired) electrons. The summed E-state index contributed by atoms with van der Waals surface area (Å²) in [6, 6.07) is 5.53. The van der Waals surface area contributed by atoms with E-state index in [1.807, 2.05) is 19.1 Å². The van der Waals surface area contributed by atoms with E-state index in [1.54, 1.807) is 17.8 Å². The Labute approximate surface area is 113 Å². The predicted octanol–water partition coefficient (Wildman–Crippen LogP) is 1.95. The Balaban J connectivity index is 2.57. The molecule has 1 aromatic rings. The molecule has 0 aliphatic heterocycles. The SMILES string of the molecule is CCOc1ccc(N)cc1CSCCS(C)(=O)=O. The molecule has 102 valence electrons. The Morgan fingerprint density at radius 2 is 2.11 bits per heavy atom. The average Bonchev–Trinajstić information content (AvgIpc) is 2.27. The van der Waals surface area contributed by atoms with Gasteiger partial charge in [-0.2, -0.15) is 11.8 Å². The quantitative estimate of drug-likeness (QED) is 0.613. The lowest BCUT2D eigenvalue weighted by Crippen LogP contribution is -2.05. The molecule has 0 aromatic heterocycles. The number of hydrogen-bond donors (Lipinski definition) is 1. The lowest BCUT2D eigenvalue weighted by Gasteiger charge is -2.10. The summed E-state index contributed by atoms with van der Waals surface area (Å²) in [5.41, 5.74) is 7.44. The standard InChI is InChI=1S/C12H19NO3S2/c1-3-16-12-5-4-11(13)8-10(12)9-17-6-7-18(2,14)15/h4-5,8H,3,6-7,9,13H2,1-2H3. The van der Waals surface area contributed by atoms with Crippen molar-refractivity contribution in [3.8, 4) is 5.75 Å². The van der Waals surface area contributed by atoms with Crippen LogP contribution in [0.25, 0.3) is 0 Å². The molecule has 0 aliphatic rings. The molecule has 0 heterocycles. The third-order valence-electron chi connectivity index (χ3n) is 2.24. The van der Waals surface area contributed by atoms with Gasteiger partial charge >= 0.3 is 0 Å². The van der Waals surface area contributed by atoms with Crippen molar-refractivity contribution in [3.05, 3.63) is 23.8 Å². The Bertz CT molecular complexity index is 486. The average molecular weight is 289 g/mol. The molecule has 0 amide bonds. The van der Waals surface area contributed by atoms with Gasteiger partial charge in [-0.15, -0.1) is 0 Å². The number of benzene rings is 1. The fourth-order valence-electron chi connectivity index (χ4n) is 1.40. The van der Waals surface area contributed by atoms with Crippen molar-refractivity contribution >= 4 is 27.3 Å². The summed E-state index contributed by atoms with van der Waals surface area (Å²) in [7, 11) is -2.88. The van der Waals surface area contributed by atoms with Crippen molar-refractivity contribution in [1.29, 1.82) is 0 Å². The molecule has 0 saturated heterocycles. The van der Waals surface area contributed by atoms with Crippen molar-refractivity contribution in [2.45, 2.75) is 12.7 Å². The van der Waals surface area contributed by atoms with Crippen LogP contribution in [-0.2, 0) is 15.6 Å². The number of rotatable bonds is 7. The molecule has 6 heteroatoms.